The Kier molecular flexibility index (Phi) is 3.54. The maximum Gasteiger partial charge on any atom is 0.123 e. The summed E-state index contributed by atoms with van der Waals surface area (Å²) in [6, 6.07) is 9.87. The number of halogens is 1. The molecule has 0 aliphatic heterocycles. The third-order valence-corrected chi connectivity index (χ3v) is 3.24. The molecule has 2 aromatic rings. The molecule has 2 nitrogen and oxygen atoms in total. The molecular weight excluding hydrogens is 225 g/mol. The third-order valence-electron chi connectivity index (χ3n) is 2.25. The zero-order valence-corrected chi connectivity index (χ0v) is 9.38. The molecule has 0 amide bonds. The Labute approximate surface area is 97.4 Å². The van der Waals surface area contributed by atoms with Gasteiger partial charge in [0, 0.05) is 10.6 Å². The summed E-state index contributed by atoms with van der Waals surface area (Å²) in [6.07, 6.45) is 0. The Hall–Kier alpha value is -1.39. The van der Waals surface area contributed by atoms with Crippen molar-refractivity contribution in [1.82, 2.24) is 0 Å². The molecular formula is C12H12FNOS. The minimum atomic E-state index is -0.262. The van der Waals surface area contributed by atoms with Crippen LogP contribution in [0.25, 0.3) is 0 Å². The molecule has 4 heteroatoms. The molecule has 0 spiro atoms. The lowest BCUT2D eigenvalue weighted by Crippen LogP contribution is -2.13. The Balaban J connectivity index is 2.10. The minimum absolute atomic E-state index is 0.0118. The lowest BCUT2D eigenvalue weighted by molar-refractivity contribution is 0.278. The normalized spacial score (nSPS) is 12.4. The molecule has 1 atom stereocenters. The zero-order valence-electron chi connectivity index (χ0n) is 8.56. The van der Waals surface area contributed by atoms with Crippen molar-refractivity contribution in [2.24, 2.45) is 0 Å². The van der Waals surface area contributed by atoms with Gasteiger partial charge in [-0.2, -0.15) is 0 Å². The smallest absolute Gasteiger partial charge is 0.123 e. The first-order chi connectivity index (χ1) is 7.79. The van der Waals surface area contributed by atoms with E-state index in [0.717, 1.165) is 10.6 Å². The van der Waals surface area contributed by atoms with Gasteiger partial charge in [0.05, 0.1) is 12.6 Å². The number of anilines is 1. The van der Waals surface area contributed by atoms with Crippen molar-refractivity contribution in [1.29, 1.82) is 0 Å². The largest absolute Gasteiger partial charge is 0.394 e. The van der Waals surface area contributed by atoms with E-state index in [0.29, 0.717) is 0 Å². The predicted octanol–water partition coefficient (Wildman–Crippen LogP) is 3.03. The van der Waals surface area contributed by atoms with Crippen molar-refractivity contribution in [3.05, 3.63) is 52.5 Å². The van der Waals surface area contributed by atoms with Crippen LogP contribution in [0.1, 0.15) is 10.9 Å². The predicted molar refractivity (Wildman–Crippen MR) is 64.2 cm³/mol. The quantitative estimate of drug-likeness (QED) is 0.856. The number of aliphatic hydroxyl groups is 1. The fraction of sp³-hybridized carbons (Fsp3) is 0.167. The molecule has 2 N–H and O–H groups in total. The standard InChI is InChI=1S/C12H12FNOS/c13-9-3-5-10(6-4-9)14-11(8-15)12-2-1-7-16-12/h1-7,11,14-15H,8H2. The summed E-state index contributed by atoms with van der Waals surface area (Å²) in [7, 11) is 0. The van der Waals surface area contributed by atoms with E-state index in [4.69, 9.17) is 0 Å². The molecule has 0 radical (unpaired) electrons. The highest BCUT2D eigenvalue weighted by Crippen LogP contribution is 2.23. The summed E-state index contributed by atoms with van der Waals surface area (Å²) in [5.74, 6) is -0.262. The van der Waals surface area contributed by atoms with Crippen LogP contribution in [0.15, 0.2) is 41.8 Å². The van der Waals surface area contributed by atoms with Gasteiger partial charge in [0.25, 0.3) is 0 Å². The lowest BCUT2D eigenvalue weighted by atomic mass is 10.2. The van der Waals surface area contributed by atoms with Gasteiger partial charge in [-0.3, -0.25) is 0 Å². The van der Waals surface area contributed by atoms with E-state index in [1.54, 1.807) is 23.5 Å². The molecule has 1 unspecified atom stereocenters. The second-order valence-electron chi connectivity index (χ2n) is 3.40. The van der Waals surface area contributed by atoms with Crippen molar-refractivity contribution >= 4 is 17.0 Å². The van der Waals surface area contributed by atoms with Crippen LogP contribution in [-0.4, -0.2) is 11.7 Å². The molecule has 84 valence electrons. The highest BCUT2D eigenvalue weighted by molar-refractivity contribution is 7.10. The second kappa shape index (κ2) is 5.09. The van der Waals surface area contributed by atoms with E-state index >= 15 is 0 Å². The summed E-state index contributed by atoms with van der Waals surface area (Å²) in [4.78, 5) is 1.06. The van der Waals surface area contributed by atoms with Gasteiger partial charge >= 0.3 is 0 Å². The summed E-state index contributed by atoms with van der Waals surface area (Å²) in [6.45, 7) is 0.0118. The third kappa shape index (κ3) is 2.59. The molecule has 16 heavy (non-hydrogen) atoms. The van der Waals surface area contributed by atoms with Gasteiger partial charge in [0.1, 0.15) is 5.82 Å². The lowest BCUT2D eigenvalue weighted by Gasteiger charge is -2.15. The van der Waals surface area contributed by atoms with E-state index < -0.39 is 0 Å². The molecule has 1 aromatic heterocycles. The Bertz CT molecular complexity index is 427. The van der Waals surface area contributed by atoms with Gasteiger partial charge in [-0.25, -0.2) is 4.39 Å². The SMILES string of the molecule is OCC(Nc1ccc(F)cc1)c1cccs1. The summed E-state index contributed by atoms with van der Waals surface area (Å²) < 4.78 is 12.7. The Morgan fingerprint density at radius 1 is 1.25 bits per heavy atom. The molecule has 0 bridgehead atoms. The van der Waals surface area contributed by atoms with Crippen LogP contribution in [0, 0.1) is 5.82 Å². The zero-order chi connectivity index (χ0) is 11.4. The monoisotopic (exact) mass is 237 g/mol. The number of rotatable bonds is 4. The molecule has 0 aliphatic rings. The molecule has 1 heterocycles. The van der Waals surface area contributed by atoms with E-state index in [-0.39, 0.29) is 18.5 Å². The average Bonchev–Trinajstić information content (AvgIpc) is 2.82. The molecule has 0 saturated carbocycles. The summed E-state index contributed by atoms with van der Waals surface area (Å²) >= 11 is 1.58. The van der Waals surface area contributed by atoms with E-state index in [1.807, 2.05) is 17.5 Å². The first-order valence-corrected chi connectivity index (χ1v) is 5.84. The number of benzene rings is 1. The average molecular weight is 237 g/mol. The van der Waals surface area contributed by atoms with Gasteiger partial charge in [0.2, 0.25) is 0 Å². The molecule has 2 rings (SSSR count). The van der Waals surface area contributed by atoms with Crippen LogP contribution < -0.4 is 5.32 Å². The fourth-order valence-electron chi connectivity index (χ4n) is 1.44. The van der Waals surface area contributed by atoms with Crippen molar-refractivity contribution in [2.75, 3.05) is 11.9 Å². The number of nitrogens with one attached hydrogen (secondary N) is 1. The highest BCUT2D eigenvalue weighted by atomic mass is 32.1. The van der Waals surface area contributed by atoms with Crippen LogP contribution >= 0.6 is 11.3 Å². The van der Waals surface area contributed by atoms with Gasteiger partial charge in [-0.05, 0) is 35.7 Å². The molecule has 0 fully saturated rings. The van der Waals surface area contributed by atoms with Gasteiger partial charge in [0.15, 0.2) is 0 Å². The topological polar surface area (TPSA) is 32.3 Å². The van der Waals surface area contributed by atoms with Crippen molar-refractivity contribution in [3.63, 3.8) is 0 Å². The van der Waals surface area contributed by atoms with Crippen molar-refractivity contribution in [2.45, 2.75) is 6.04 Å². The van der Waals surface area contributed by atoms with Crippen LogP contribution in [0.4, 0.5) is 10.1 Å². The number of hydrogen-bond acceptors (Lipinski definition) is 3. The van der Waals surface area contributed by atoms with E-state index in [9.17, 15) is 9.50 Å². The van der Waals surface area contributed by atoms with E-state index in [1.165, 1.54) is 12.1 Å². The summed E-state index contributed by atoms with van der Waals surface area (Å²) in [5, 5.41) is 14.4. The minimum Gasteiger partial charge on any atom is -0.394 e. The van der Waals surface area contributed by atoms with Gasteiger partial charge < -0.3 is 10.4 Å². The van der Waals surface area contributed by atoms with Crippen molar-refractivity contribution in [3.8, 4) is 0 Å². The number of aliphatic hydroxyl groups excluding tert-OH is 1. The van der Waals surface area contributed by atoms with Crippen LogP contribution in [0.3, 0.4) is 0 Å². The Morgan fingerprint density at radius 2 is 2.00 bits per heavy atom. The van der Waals surface area contributed by atoms with Gasteiger partial charge in [-0.15, -0.1) is 11.3 Å². The van der Waals surface area contributed by atoms with Crippen LogP contribution in [0.2, 0.25) is 0 Å². The molecule has 1 aromatic carbocycles. The Morgan fingerprint density at radius 3 is 2.56 bits per heavy atom. The van der Waals surface area contributed by atoms with Crippen LogP contribution in [-0.2, 0) is 0 Å². The second-order valence-corrected chi connectivity index (χ2v) is 4.38. The molecule has 0 aliphatic carbocycles. The maximum atomic E-state index is 12.7. The highest BCUT2D eigenvalue weighted by Gasteiger charge is 2.10. The number of thiophene rings is 1. The first kappa shape index (κ1) is 11.1. The maximum absolute atomic E-state index is 12.7. The van der Waals surface area contributed by atoms with Crippen LogP contribution in [0.5, 0.6) is 0 Å². The fourth-order valence-corrected chi connectivity index (χ4v) is 2.21. The number of hydrogen-bond donors (Lipinski definition) is 2. The first-order valence-electron chi connectivity index (χ1n) is 4.96. The summed E-state index contributed by atoms with van der Waals surface area (Å²) in [5.41, 5.74) is 0.800. The van der Waals surface area contributed by atoms with Gasteiger partial charge in [-0.1, -0.05) is 6.07 Å². The van der Waals surface area contributed by atoms with E-state index in [2.05, 4.69) is 5.32 Å². The van der Waals surface area contributed by atoms with Crippen molar-refractivity contribution < 1.29 is 9.50 Å². The molecule has 0 saturated heterocycles.